The van der Waals surface area contributed by atoms with Gasteiger partial charge in [-0.25, -0.2) is 0 Å². The molecule has 3 unspecified atom stereocenters. The normalized spacial score (nSPS) is 32.1. The molecule has 1 aliphatic carbocycles. The van der Waals surface area contributed by atoms with E-state index in [9.17, 15) is 19.5 Å². The number of hydrogen-bond acceptors (Lipinski definition) is 5. The van der Waals surface area contributed by atoms with Crippen molar-refractivity contribution in [3.8, 4) is 0 Å². The van der Waals surface area contributed by atoms with E-state index in [1.807, 2.05) is 0 Å². The first-order valence-electron chi connectivity index (χ1n) is 4.57. The Bertz CT molecular complexity index is 313. The van der Waals surface area contributed by atoms with E-state index in [4.69, 9.17) is 5.73 Å². The van der Waals surface area contributed by atoms with Gasteiger partial charge in [0.25, 0.3) is 0 Å². The molecule has 0 spiro atoms. The van der Waals surface area contributed by atoms with Crippen LogP contribution < -0.4 is 5.73 Å². The Morgan fingerprint density at radius 3 is 2.33 bits per heavy atom. The van der Waals surface area contributed by atoms with E-state index in [0.29, 0.717) is 0 Å². The monoisotopic (exact) mass is 214 g/mol. The molecular weight excluding hydrogens is 200 g/mol. The minimum atomic E-state index is -1.50. The Morgan fingerprint density at radius 2 is 1.93 bits per heavy atom. The number of ketones is 2. The molecule has 0 radical (unpaired) electrons. The Labute approximate surface area is 87.0 Å². The van der Waals surface area contributed by atoms with Gasteiger partial charge in [-0.2, -0.15) is 0 Å². The summed E-state index contributed by atoms with van der Waals surface area (Å²) in [5.74, 6) is -3.80. The number of amides is 1. The van der Waals surface area contributed by atoms with E-state index in [1.165, 1.54) is 0 Å². The molecule has 0 aromatic heterocycles. The number of Topliss-reactive ketones (excluding diaryl/α,β-unsaturated/α-hetero) is 2. The number of nitrogens with two attached hydrogens (primary N) is 1. The molecule has 6 heteroatoms. The molecule has 1 aliphatic rings. The minimum absolute atomic E-state index is 0.0223. The summed E-state index contributed by atoms with van der Waals surface area (Å²) < 4.78 is 0. The SMILES string of the molecule is CN(C)C1CC(O)C(=O)C(C(N)=O)C1=O. The number of primary amides is 1. The Morgan fingerprint density at radius 1 is 1.40 bits per heavy atom. The van der Waals surface area contributed by atoms with E-state index in [1.54, 1.807) is 19.0 Å². The molecule has 0 heterocycles. The number of carbonyl (C=O) groups excluding carboxylic acids is 3. The van der Waals surface area contributed by atoms with Gasteiger partial charge >= 0.3 is 0 Å². The van der Waals surface area contributed by atoms with Gasteiger partial charge in [0.2, 0.25) is 5.91 Å². The van der Waals surface area contributed by atoms with Crippen molar-refractivity contribution in [3.63, 3.8) is 0 Å². The third-order valence-corrected chi connectivity index (χ3v) is 2.58. The second kappa shape index (κ2) is 4.08. The standard InChI is InChI=1S/C9H14N2O4/c1-11(2)4-3-5(12)8(14)6(7(4)13)9(10)15/h4-6,12H,3H2,1-2H3,(H2,10,15). The third-order valence-electron chi connectivity index (χ3n) is 2.58. The third kappa shape index (κ3) is 2.05. The van der Waals surface area contributed by atoms with E-state index >= 15 is 0 Å². The van der Waals surface area contributed by atoms with Crippen LogP contribution in [0, 0.1) is 5.92 Å². The lowest BCUT2D eigenvalue weighted by Gasteiger charge is -2.32. The highest BCUT2D eigenvalue weighted by molar-refractivity contribution is 6.22. The quantitative estimate of drug-likeness (QED) is 0.514. The number of nitrogens with zero attached hydrogens (tertiary/aromatic N) is 1. The highest BCUT2D eigenvalue weighted by Gasteiger charge is 2.46. The molecule has 1 fully saturated rings. The number of rotatable bonds is 2. The average Bonchev–Trinajstić information content (AvgIpc) is 2.10. The number of hydrogen-bond donors (Lipinski definition) is 2. The van der Waals surface area contributed by atoms with Crippen LogP contribution in [-0.4, -0.2) is 53.7 Å². The van der Waals surface area contributed by atoms with Crippen LogP contribution in [0.15, 0.2) is 0 Å². The second-order valence-electron chi connectivity index (χ2n) is 3.87. The number of carbonyl (C=O) groups is 3. The van der Waals surface area contributed by atoms with E-state index in [0.717, 1.165) is 0 Å². The van der Waals surface area contributed by atoms with Crippen molar-refractivity contribution in [1.82, 2.24) is 4.90 Å². The molecule has 3 atom stereocenters. The van der Waals surface area contributed by atoms with Gasteiger partial charge in [0.05, 0.1) is 6.04 Å². The van der Waals surface area contributed by atoms with Crippen LogP contribution in [-0.2, 0) is 14.4 Å². The molecule has 0 aromatic carbocycles. The summed E-state index contributed by atoms with van der Waals surface area (Å²) >= 11 is 0. The molecule has 84 valence electrons. The maximum atomic E-state index is 11.7. The molecule has 0 bridgehead atoms. The van der Waals surface area contributed by atoms with Crippen LogP contribution in [0.4, 0.5) is 0 Å². The molecule has 1 rings (SSSR count). The summed E-state index contributed by atoms with van der Waals surface area (Å²) in [5, 5.41) is 9.40. The minimum Gasteiger partial charge on any atom is -0.385 e. The van der Waals surface area contributed by atoms with Crippen LogP contribution in [0.1, 0.15) is 6.42 Å². The van der Waals surface area contributed by atoms with E-state index in [-0.39, 0.29) is 6.42 Å². The number of aliphatic hydroxyl groups excluding tert-OH is 1. The smallest absolute Gasteiger partial charge is 0.235 e. The van der Waals surface area contributed by atoms with Crippen molar-refractivity contribution in [2.75, 3.05) is 14.1 Å². The van der Waals surface area contributed by atoms with Gasteiger partial charge in [-0.3, -0.25) is 19.3 Å². The predicted molar refractivity (Wildman–Crippen MR) is 50.8 cm³/mol. The van der Waals surface area contributed by atoms with Crippen molar-refractivity contribution in [2.24, 2.45) is 11.7 Å². The number of aliphatic hydroxyl groups is 1. The van der Waals surface area contributed by atoms with Gasteiger partial charge in [-0.15, -0.1) is 0 Å². The van der Waals surface area contributed by atoms with E-state index < -0.39 is 35.5 Å². The molecule has 1 amide bonds. The highest BCUT2D eigenvalue weighted by atomic mass is 16.3. The van der Waals surface area contributed by atoms with Gasteiger partial charge in [-0.1, -0.05) is 0 Å². The molecule has 0 aromatic rings. The second-order valence-corrected chi connectivity index (χ2v) is 3.87. The first-order chi connectivity index (χ1) is 6.86. The largest absolute Gasteiger partial charge is 0.385 e. The van der Waals surface area contributed by atoms with Gasteiger partial charge in [0, 0.05) is 6.42 Å². The fraction of sp³-hybridized carbons (Fsp3) is 0.667. The first-order valence-corrected chi connectivity index (χ1v) is 4.57. The summed E-state index contributed by atoms with van der Waals surface area (Å²) in [6, 6.07) is -0.629. The summed E-state index contributed by atoms with van der Waals surface area (Å²) in [4.78, 5) is 35.5. The lowest BCUT2D eigenvalue weighted by Crippen LogP contribution is -2.55. The summed E-state index contributed by atoms with van der Waals surface area (Å²) in [6.45, 7) is 0. The van der Waals surface area contributed by atoms with Crippen LogP contribution in [0.5, 0.6) is 0 Å². The van der Waals surface area contributed by atoms with Gasteiger partial charge in [-0.05, 0) is 14.1 Å². The summed E-state index contributed by atoms with van der Waals surface area (Å²) in [6.07, 6.45) is -1.26. The number of likely N-dealkylation sites (N-methyl/N-ethyl adjacent to an activating group) is 1. The van der Waals surface area contributed by atoms with E-state index in [2.05, 4.69) is 0 Å². The van der Waals surface area contributed by atoms with Crippen LogP contribution in [0.2, 0.25) is 0 Å². The lowest BCUT2D eigenvalue weighted by molar-refractivity contribution is -0.150. The van der Waals surface area contributed by atoms with Crippen molar-refractivity contribution in [3.05, 3.63) is 0 Å². The average molecular weight is 214 g/mol. The van der Waals surface area contributed by atoms with Crippen molar-refractivity contribution in [2.45, 2.75) is 18.6 Å². The lowest BCUT2D eigenvalue weighted by atomic mass is 9.80. The molecule has 3 N–H and O–H groups in total. The Hall–Kier alpha value is -1.27. The zero-order valence-electron chi connectivity index (χ0n) is 8.64. The van der Waals surface area contributed by atoms with Gasteiger partial charge in [0.1, 0.15) is 6.10 Å². The van der Waals surface area contributed by atoms with Crippen LogP contribution in [0.3, 0.4) is 0 Å². The fourth-order valence-corrected chi connectivity index (χ4v) is 1.71. The van der Waals surface area contributed by atoms with Gasteiger partial charge in [0.15, 0.2) is 17.5 Å². The highest BCUT2D eigenvalue weighted by Crippen LogP contribution is 2.21. The fourth-order valence-electron chi connectivity index (χ4n) is 1.71. The van der Waals surface area contributed by atoms with Crippen molar-refractivity contribution in [1.29, 1.82) is 0 Å². The van der Waals surface area contributed by atoms with Gasteiger partial charge < -0.3 is 10.8 Å². The first kappa shape index (κ1) is 11.8. The molecule has 15 heavy (non-hydrogen) atoms. The van der Waals surface area contributed by atoms with Crippen molar-refractivity contribution >= 4 is 17.5 Å². The Balaban J connectivity index is 2.99. The maximum Gasteiger partial charge on any atom is 0.235 e. The van der Waals surface area contributed by atoms with Crippen LogP contribution in [0.25, 0.3) is 0 Å². The zero-order chi connectivity index (χ0) is 11.7. The topological polar surface area (TPSA) is 101 Å². The molecule has 1 saturated carbocycles. The molecule has 6 nitrogen and oxygen atoms in total. The van der Waals surface area contributed by atoms with Crippen LogP contribution >= 0.6 is 0 Å². The molecular formula is C9H14N2O4. The summed E-state index contributed by atoms with van der Waals surface area (Å²) in [5.41, 5.74) is 4.96. The summed E-state index contributed by atoms with van der Waals surface area (Å²) in [7, 11) is 3.28. The maximum absolute atomic E-state index is 11.7. The predicted octanol–water partition coefficient (Wildman–Crippen LogP) is -2.08. The zero-order valence-corrected chi connectivity index (χ0v) is 8.64. The Kier molecular flexibility index (Phi) is 3.21. The molecule has 0 saturated heterocycles. The van der Waals surface area contributed by atoms with Crippen molar-refractivity contribution < 1.29 is 19.5 Å². The molecule has 0 aliphatic heterocycles.